The van der Waals surface area contributed by atoms with Crippen LogP contribution < -0.4 is 10.9 Å². The number of aromatic nitrogens is 1. The van der Waals surface area contributed by atoms with Crippen LogP contribution in [-0.4, -0.2) is 42.8 Å². The lowest BCUT2D eigenvalue weighted by molar-refractivity contribution is -0.121. The SMILES string of the molecule is CCN(CC)S(=O)(=O)c1ccc(=O)n(CC(=O)NCC(C)(C)c2ccccc2)c1. The smallest absolute Gasteiger partial charge is 0.251 e. The third-order valence-corrected chi connectivity index (χ3v) is 6.93. The van der Waals surface area contributed by atoms with E-state index in [4.69, 9.17) is 0 Å². The Morgan fingerprint density at radius 1 is 1.07 bits per heavy atom. The topological polar surface area (TPSA) is 88.5 Å². The highest BCUT2D eigenvalue weighted by atomic mass is 32.2. The fraction of sp³-hybridized carbons (Fsp3) is 0.429. The Labute approximate surface area is 172 Å². The quantitative estimate of drug-likeness (QED) is 0.673. The van der Waals surface area contributed by atoms with Gasteiger partial charge in [0.1, 0.15) is 6.54 Å². The van der Waals surface area contributed by atoms with E-state index in [-0.39, 0.29) is 22.8 Å². The normalized spacial score (nSPS) is 12.2. The van der Waals surface area contributed by atoms with Crippen LogP contribution >= 0.6 is 0 Å². The van der Waals surface area contributed by atoms with Gasteiger partial charge in [0.25, 0.3) is 5.56 Å². The third kappa shape index (κ3) is 5.55. The average molecular weight is 420 g/mol. The van der Waals surface area contributed by atoms with Crippen LogP contribution in [0.4, 0.5) is 0 Å². The summed E-state index contributed by atoms with van der Waals surface area (Å²) in [6, 6.07) is 12.3. The van der Waals surface area contributed by atoms with E-state index in [1.807, 2.05) is 44.2 Å². The maximum absolute atomic E-state index is 12.7. The Kier molecular flexibility index (Phi) is 7.37. The molecule has 2 rings (SSSR count). The third-order valence-electron chi connectivity index (χ3n) is 4.90. The molecule has 0 bridgehead atoms. The Morgan fingerprint density at radius 2 is 1.69 bits per heavy atom. The largest absolute Gasteiger partial charge is 0.354 e. The van der Waals surface area contributed by atoms with Gasteiger partial charge in [-0.25, -0.2) is 8.42 Å². The molecule has 8 heteroatoms. The molecule has 0 unspecified atom stereocenters. The molecule has 0 aliphatic heterocycles. The molecule has 0 spiro atoms. The molecule has 7 nitrogen and oxygen atoms in total. The van der Waals surface area contributed by atoms with Crippen LogP contribution in [0.3, 0.4) is 0 Å². The highest BCUT2D eigenvalue weighted by Gasteiger charge is 2.23. The molecule has 158 valence electrons. The average Bonchev–Trinajstić information content (AvgIpc) is 2.69. The van der Waals surface area contributed by atoms with Crippen molar-refractivity contribution in [3.8, 4) is 0 Å². The first-order valence-corrected chi connectivity index (χ1v) is 11.1. The summed E-state index contributed by atoms with van der Waals surface area (Å²) in [7, 11) is -3.71. The lowest BCUT2D eigenvalue weighted by Crippen LogP contribution is -2.39. The minimum absolute atomic E-state index is 0.00165. The predicted octanol–water partition coefficient (Wildman–Crippen LogP) is 1.97. The fourth-order valence-corrected chi connectivity index (χ4v) is 4.50. The molecule has 0 aliphatic carbocycles. The molecule has 1 amide bonds. The first kappa shape index (κ1) is 22.8. The minimum atomic E-state index is -3.71. The second kappa shape index (κ2) is 9.37. The van der Waals surface area contributed by atoms with Gasteiger partial charge in [-0.15, -0.1) is 0 Å². The summed E-state index contributed by atoms with van der Waals surface area (Å²) in [5.41, 5.74) is 0.376. The number of carbonyl (C=O) groups is 1. The van der Waals surface area contributed by atoms with Gasteiger partial charge in [-0.05, 0) is 11.6 Å². The Balaban J connectivity index is 2.14. The van der Waals surface area contributed by atoms with Crippen molar-refractivity contribution in [1.29, 1.82) is 0 Å². The maximum atomic E-state index is 12.7. The molecule has 0 aliphatic rings. The summed E-state index contributed by atoms with van der Waals surface area (Å²) in [5.74, 6) is -0.353. The molecule has 1 N–H and O–H groups in total. The number of nitrogens with zero attached hydrogens (tertiary/aromatic N) is 2. The summed E-state index contributed by atoms with van der Waals surface area (Å²) in [5, 5.41) is 2.84. The zero-order valence-corrected chi connectivity index (χ0v) is 18.2. The molecule has 2 aromatic rings. The monoisotopic (exact) mass is 419 g/mol. The molecular weight excluding hydrogens is 390 g/mol. The van der Waals surface area contributed by atoms with Crippen molar-refractivity contribution < 1.29 is 13.2 Å². The van der Waals surface area contributed by atoms with Gasteiger partial charge in [0.15, 0.2) is 0 Å². The van der Waals surface area contributed by atoms with E-state index < -0.39 is 15.6 Å². The highest BCUT2D eigenvalue weighted by Crippen LogP contribution is 2.21. The Hall–Kier alpha value is -2.45. The van der Waals surface area contributed by atoms with Crippen molar-refractivity contribution in [2.24, 2.45) is 0 Å². The van der Waals surface area contributed by atoms with Crippen molar-refractivity contribution in [3.05, 3.63) is 64.6 Å². The maximum Gasteiger partial charge on any atom is 0.251 e. The lowest BCUT2D eigenvalue weighted by Gasteiger charge is -2.25. The van der Waals surface area contributed by atoms with Gasteiger partial charge >= 0.3 is 0 Å². The molecule has 0 atom stereocenters. The number of hydrogen-bond donors (Lipinski definition) is 1. The Morgan fingerprint density at radius 3 is 2.28 bits per heavy atom. The van der Waals surface area contributed by atoms with Crippen LogP contribution in [0.15, 0.2) is 58.4 Å². The van der Waals surface area contributed by atoms with E-state index >= 15 is 0 Å². The molecule has 0 radical (unpaired) electrons. The first-order valence-electron chi connectivity index (χ1n) is 9.64. The van der Waals surface area contributed by atoms with Crippen LogP contribution in [0.5, 0.6) is 0 Å². The van der Waals surface area contributed by atoms with Crippen molar-refractivity contribution in [1.82, 2.24) is 14.2 Å². The van der Waals surface area contributed by atoms with E-state index in [0.29, 0.717) is 19.6 Å². The Bertz CT molecular complexity index is 994. The second-order valence-electron chi connectivity index (χ2n) is 7.45. The molecule has 1 aromatic carbocycles. The molecule has 29 heavy (non-hydrogen) atoms. The molecule has 1 heterocycles. The number of rotatable bonds is 9. The summed E-state index contributed by atoms with van der Waals surface area (Å²) >= 11 is 0. The number of nitrogens with one attached hydrogen (secondary N) is 1. The number of sulfonamides is 1. The molecule has 1 aromatic heterocycles. The highest BCUT2D eigenvalue weighted by molar-refractivity contribution is 7.89. The number of amides is 1. The number of carbonyl (C=O) groups excluding carboxylic acids is 1. The summed E-state index contributed by atoms with van der Waals surface area (Å²) < 4.78 is 27.8. The zero-order valence-electron chi connectivity index (χ0n) is 17.4. The van der Waals surface area contributed by atoms with Gasteiger partial charge in [0.2, 0.25) is 15.9 Å². The minimum Gasteiger partial charge on any atom is -0.354 e. The summed E-state index contributed by atoms with van der Waals surface area (Å²) in [4.78, 5) is 24.6. The van der Waals surface area contributed by atoms with Gasteiger partial charge in [0, 0.05) is 37.3 Å². The molecule has 0 saturated heterocycles. The summed E-state index contributed by atoms with van der Waals surface area (Å²) in [6.45, 7) is 8.34. The number of benzene rings is 1. The van der Waals surface area contributed by atoms with Crippen LogP contribution in [0.25, 0.3) is 0 Å². The molecule has 0 fully saturated rings. The van der Waals surface area contributed by atoms with Gasteiger partial charge in [-0.3, -0.25) is 9.59 Å². The van der Waals surface area contributed by atoms with E-state index in [2.05, 4.69) is 5.32 Å². The van der Waals surface area contributed by atoms with Crippen LogP contribution in [-0.2, 0) is 26.8 Å². The zero-order chi connectivity index (χ0) is 21.7. The number of pyridine rings is 1. The molecule has 0 saturated carbocycles. The van der Waals surface area contributed by atoms with Crippen LogP contribution in [0.2, 0.25) is 0 Å². The predicted molar refractivity (Wildman–Crippen MR) is 113 cm³/mol. The van der Waals surface area contributed by atoms with Crippen LogP contribution in [0.1, 0.15) is 33.3 Å². The number of hydrogen-bond acceptors (Lipinski definition) is 4. The van der Waals surface area contributed by atoms with Crippen molar-refractivity contribution in [2.75, 3.05) is 19.6 Å². The standard InChI is InChI=1S/C21H29N3O4S/c1-5-24(6-2)29(27,28)18-12-13-20(26)23(14-18)15-19(25)22-16-21(3,4)17-10-8-7-9-11-17/h7-14H,5-6,15-16H2,1-4H3,(H,22,25). The van der Waals surface area contributed by atoms with Crippen molar-refractivity contribution in [3.63, 3.8) is 0 Å². The van der Waals surface area contributed by atoms with Gasteiger partial charge in [-0.1, -0.05) is 58.0 Å². The summed E-state index contributed by atoms with van der Waals surface area (Å²) in [6.07, 6.45) is 1.23. The van der Waals surface area contributed by atoms with Gasteiger partial charge in [0.05, 0.1) is 4.90 Å². The van der Waals surface area contributed by atoms with E-state index in [1.165, 1.54) is 22.6 Å². The second-order valence-corrected chi connectivity index (χ2v) is 9.38. The first-order chi connectivity index (χ1) is 13.6. The lowest BCUT2D eigenvalue weighted by atomic mass is 9.84. The van der Waals surface area contributed by atoms with Gasteiger partial charge < -0.3 is 9.88 Å². The van der Waals surface area contributed by atoms with Gasteiger partial charge in [-0.2, -0.15) is 4.31 Å². The molecular formula is C21H29N3O4S. The van der Waals surface area contributed by atoms with E-state index in [0.717, 1.165) is 10.1 Å². The fourth-order valence-electron chi connectivity index (χ4n) is 3.02. The van der Waals surface area contributed by atoms with Crippen molar-refractivity contribution in [2.45, 2.75) is 44.6 Å². The van der Waals surface area contributed by atoms with E-state index in [9.17, 15) is 18.0 Å². The van der Waals surface area contributed by atoms with Crippen LogP contribution in [0, 0.1) is 0 Å². The van der Waals surface area contributed by atoms with E-state index in [1.54, 1.807) is 13.8 Å². The van der Waals surface area contributed by atoms with Crippen molar-refractivity contribution >= 4 is 15.9 Å².